The van der Waals surface area contributed by atoms with Gasteiger partial charge in [0.05, 0.1) is 20.3 Å². The highest BCUT2D eigenvalue weighted by Crippen LogP contribution is 2.29. The van der Waals surface area contributed by atoms with Gasteiger partial charge < -0.3 is 14.2 Å². The highest BCUT2D eigenvalue weighted by Gasteiger charge is 2.05. The second-order valence-corrected chi connectivity index (χ2v) is 5.92. The van der Waals surface area contributed by atoms with Gasteiger partial charge in [-0.25, -0.2) is 0 Å². The van der Waals surface area contributed by atoms with E-state index in [4.69, 9.17) is 14.2 Å². The van der Waals surface area contributed by atoms with Gasteiger partial charge in [-0.15, -0.1) is 0 Å². The second kappa shape index (κ2) is 8.44. The van der Waals surface area contributed by atoms with Gasteiger partial charge in [0.2, 0.25) is 0 Å². The molecule has 4 heterocycles. The van der Waals surface area contributed by atoms with Crippen molar-refractivity contribution in [3.05, 3.63) is 53.6 Å². The first-order valence-electron chi connectivity index (χ1n) is 8.57. The van der Waals surface area contributed by atoms with Crippen LogP contribution in [0.25, 0.3) is 12.2 Å². The summed E-state index contributed by atoms with van der Waals surface area (Å²) in [7, 11) is 1.68. The van der Waals surface area contributed by atoms with Crippen LogP contribution in [0.1, 0.15) is 36.8 Å². The Balaban J connectivity index is 1.83. The van der Waals surface area contributed by atoms with Crippen LogP contribution in [0.15, 0.2) is 42.5 Å². The topological polar surface area (TPSA) is 27.7 Å². The molecule has 4 bridgehead atoms. The maximum atomic E-state index is 5.86. The number of ether oxygens (including phenoxy) is 3. The van der Waals surface area contributed by atoms with Gasteiger partial charge in [-0.2, -0.15) is 0 Å². The lowest BCUT2D eigenvalue weighted by Gasteiger charge is -2.12. The van der Waals surface area contributed by atoms with Crippen molar-refractivity contribution in [2.45, 2.75) is 25.7 Å². The van der Waals surface area contributed by atoms with Crippen LogP contribution in [0, 0.1) is 0 Å². The summed E-state index contributed by atoms with van der Waals surface area (Å²) in [4.78, 5) is 0. The average molecular weight is 324 g/mol. The summed E-state index contributed by atoms with van der Waals surface area (Å²) in [6.45, 7) is 1.48. The van der Waals surface area contributed by atoms with Crippen molar-refractivity contribution in [3.63, 3.8) is 0 Å². The molecule has 6 rings (SSSR count). The first kappa shape index (κ1) is 16.4. The zero-order valence-electron chi connectivity index (χ0n) is 14.2. The molecule has 3 nitrogen and oxygen atoms in total. The molecule has 0 atom stereocenters. The first-order valence-corrected chi connectivity index (χ1v) is 8.57. The van der Waals surface area contributed by atoms with Gasteiger partial charge in [0.15, 0.2) is 11.5 Å². The Labute approximate surface area is 143 Å². The fourth-order valence-electron chi connectivity index (χ4n) is 2.70. The van der Waals surface area contributed by atoms with Crippen molar-refractivity contribution in [1.82, 2.24) is 0 Å². The molecule has 4 aliphatic rings. The van der Waals surface area contributed by atoms with Crippen molar-refractivity contribution in [3.8, 4) is 17.2 Å². The van der Waals surface area contributed by atoms with Gasteiger partial charge in [-0.05, 0) is 61.1 Å². The summed E-state index contributed by atoms with van der Waals surface area (Å²) in [5.41, 5.74) is 2.23. The van der Waals surface area contributed by atoms with Crippen molar-refractivity contribution in [1.29, 1.82) is 0 Å². The minimum Gasteiger partial charge on any atom is -0.494 e. The van der Waals surface area contributed by atoms with E-state index >= 15 is 0 Å². The van der Waals surface area contributed by atoms with Crippen LogP contribution in [0.2, 0.25) is 0 Å². The van der Waals surface area contributed by atoms with Crippen LogP contribution in [-0.2, 0) is 0 Å². The summed E-state index contributed by atoms with van der Waals surface area (Å²) in [6.07, 6.45) is 8.57. The zero-order valence-corrected chi connectivity index (χ0v) is 14.2. The third kappa shape index (κ3) is 4.54. The van der Waals surface area contributed by atoms with Gasteiger partial charge in [-0.1, -0.05) is 30.4 Å². The Morgan fingerprint density at radius 2 is 1.42 bits per heavy atom. The standard InChI is InChI=1S/C21H24O3/c1-22-21-16-18-7-6-17-8-11-19(12-9-17)23-14-4-2-3-5-15-24-20(21)13-10-18/h6-13,16H,2-5,14-15H2,1H3/b7-6-. The lowest BCUT2D eigenvalue weighted by atomic mass is 10.1. The fourth-order valence-corrected chi connectivity index (χ4v) is 2.70. The number of benzene rings is 2. The molecule has 2 aromatic rings. The summed E-state index contributed by atoms with van der Waals surface area (Å²) in [6, 6.07) is 14.2. The molecule has 0 spiro atoms. The Morgan fingerprint density at radius 3 is 2.17 bits per heavy atom. The van der Waals surface area contributed by atoms with Gasteiger partial charge in [0.25, 0.3) is 0 Å². The molecule has 0 aliphatic carbocycles. The highest BCUT2D eigenvalue weighted by molar-refractivity contribution is 5.71. The van der Waals surface area contributed by atoms with Crippen LogP contribution in [0.4, 0.5) is 0 Å². The molecule has 4 aliphatic heterocycles. The molecule has 0 fully saturated rings. The lowest BCUT2D eigenvalue weighted by molar-refractivity contribution is 0.277. The van der Waals surface area contributed by atoms with E-state index in [2.05, 4.69) is 30.4 Å². The Kier molecular flexibility index (Phi) is 5.78. The zero-order chi connectivity index (χ0) is 16.6. The Bertz CT molecular complexity index is 674. The molecular formula is C21H24O3. The second-order valence-electron chi connectivity index (χ2n) is 5.92. The average Bonchev–Trinajstić information content (AvgIpc) is 2.63. The number of methoxy groups -OCH3 is 1. The Hall–Kier alpha value is -2.42. The Morgan fingerprint density at radius 1 is 0.750 bits per heavy atom. The predicted molar refractivity (Wildman–Crippen MR) is 97.8 cm³/mol. The van der Waals surface area contributed by atoms with Crippen molar-refractivity contribution < 1.29 is 14.2 Å². The van der Waals surface area contributed by atoms with E-state index in [0.717, 1.165) is 60.7 Å². The summed E-state index contributed by atoms with van der Waals surface area (Å²) in [5.74, 6) is 2.52. The highest BCUT2D eigenvalue weighted by atomic mass is 16.5. The van der Waals surface area contributed by atoms with Crippen molar-refractivity contribution >= 4 is 12.2 Å². The van der Waals surface area contributed by atoms with Crippen LogP contribution in [0.3, 0.4) is 0 Å². The number of rotatable bonds is 1. The molecule has 0 amide bonds. The predicted octanol–water partition coefficient (Wildman–Crippen LogP) is 5.20. The number of hydrogen-bond acceptors (Lipinski definition) is 3. The lowest BCUT2D eigenvalue weighted by Crippen LogP contribution is -2.01. The van der Waals surface area contributed by atoms with E-state index in [1.807, 2.05) is 24.3 Å². The fraction of sp³-hybridized carbons (Fsp3) is 0.333. The van der Waals surface area contributed by atoms with Crippen LogP contribution >= 0.6 is 0 Å². The molecule has 0 aromatic heterocycles. The minimum atomic E-state index is 0.715. The van der Waals surface area contributed by atoms with E-state index in [9.17, 15) is 0 Å². The van der Waals surface area contributed by atoms with Crippen molar-refractivity contribution in [2.75, 3.05) is 20.3 Å². The molecule has 126 valence electrons. The van der Waals surface area contributed by atoms with E-state index < -0.39 is 0 Å². The van der Waals surface area contributed by atoms with Crippen LogP contribution in [-0.4, -0.2) is 20.3 Å². The summed E-state index contributed by atoms with van der Waals surface area (Å²) < 4.78 is 17.1. The summed E-state index contributed by atoms with van der Waals surface area (Å²) >= 11 is 0. The molecule has 3 heteroatoms. The van der Waals surface area contributed by atoms with Crippen LogP contribution < -0.4 is 14.2 Å². The van der Waals surface area contributed by atoms with E-state index in [1.165, 1.54) is 0 Å². The van der Waals surface area contributed by atoms with E-state index in [1.54, 1.807) is 7.11 Å². The smallest absolute Gasteiger partial charge is 0.161 e. The van der Waals surface area contributed by atoms with Gasteiger partial charge >= 0.3 is 0 Å². The van der Waals surface area contributed by atoms with E-state index in [-0.39, 0.29) is 0 Å². The molecule has 24 heavy (non-hydrogen) atoms. The molecule has 0 radical (unpaired) electrons. The molecule has 0 saturated carbocycles. The largest absolute Gasteiger partial charge is 0.494 e. The SMILES string of the molecule is COc1cc2ccc1OCCCCCCOc1ccc(cc1)/C=C\2. The normalized spacial score (nSPS) is 16.5. The molecule has 0 unspecified atom stereocenters. The molecule has 0 saturated heterocycles. The van der Waals surface area contributed by atoms with Gasteiger partial charge in [0.1, 0.15) is 5.75 Å². The quantitative estimate of drug-likeness (QED) is 0.722. The van der Waals surface area contributed by atoms with Crippen LogP contribution in [0.5, 0.6) is 17.2 Å². The van der Waals surface area contributed by atoms with Gasteiger partial charge in [0, 0.05) is 0 Å². The molecule has 2 aromatic carbocycles. The van der Waals surface area contributed by atoms with Gasteiger partial charge in [-0.3, -0.25) is 0 Å². The van der Waals surface area contributed by atoms with Crippen molar-refractivity contribution in [2.24, 2.45) is 0 Å². The number of hydrogen-bond donors (Lipinski definition) is 0. The third-order valence-electron chi connectivity index (χ3n) is 4.10. The maximum Gasteiger partial charge on any atom is 0.161 e. The molecular weight excluding hydrogens is 300 g/mol. The minimum absolute atomic E-state index is 0.715. The summed E-state index contributed by atoms with van der Waals surface area (Å²) in [5, 5.41) is 0. The maximum absolute atomic E-state index is 5.86. The first-order chi connectivity index (χ1) is 11.8. The monoisotopic (exact) mass is 324 g/mol. The van der Waals surface area contributed by atoms with E-state index in [0.29, 0.717) is 6.61 Å². The third-order valence-corrected chi connectivity index (χ3v) is 4.10. The molecule has 0 N–H and O–H groups in total.